The Morgan fingerprint density at radius 2 is 1.11 bits per heavy atom. The highest BCUT2D eigenvalue weighted by Gasteiger charge is 2.38. The van der Waals surface area contributed by atoms with Crippen LogP contribution in [0.4, 0.5) is 22.0 Å². The molecule has 1 aliphatic rings. The van der Waals surface area contributed by atoms with Crippen molar-refractivity contribution in [1.82, 2.24) is 0 Å². The summed E-state index contributed by atoms with van der Waals surface area (Å²) in [6.07, 6.45) is 0. The fraction of sp³-hybridized carbons (Fsp3) is 0. The summed E-state index contributed by atoms with van der Waals surface area (Å²) in [5, 5.41) is 0. The molecule has 0 spiro atoms. The van der Waals surface area contributed by atoms with Gasteiger partial charge in [-0.25, -0.2) is 22.0 Å². The molecule has 3 rings (SSSR count). The lowest BCUT2D eigenvalue weighted by molar-refractivity contribution is 0.403. The third kappa shape index (κ3) is 1.44. The molecule has 2 aromatic rings. The van der Waals surface area contributed by atoms with Gasteiger partial charge in [0.25, 0.3) is 0 Å². The Morgan fingerprint density at radius 1 is 0.579 bits per heavy atom. The van der Waals surface area contributed by atoms with Gasteiger partial charge in [-0.05, 0) is 5.56 Å². The molecular formula is C14H5F5. The van der Waals surface area contributed by atoms with E-state index >= 15 is 0 Å². The fourth-order valence-corrected chi connectivity index (χ4v) is 2.12. The van der Waals surface area contributed by atoms with E-state index in [1.807, 2.05) is 0 Å². The second-order valence-electron chi connectivity index (χ2n) is 4.06. The lowest BCUT2D eigenvalue weighted by Gasteiger charge is -2.24. The number of fused-ring (bicyclic) bond motifs is 1. The van der Waals surface area contributed by atoms with Crippen LogP contribution in [0.1, 0.15) is 16.7 Å². The van der Waals surface area contributed by atoms with Gasteiger partial charge in [-0.15, -0.1) is 0 Å². The molecule has 0 radical (unpaired) electrons. The van der Waals surface area contributed by atoms with Crippen LogP contribution in [-0.4, -0.2) is 0 Å². The minimum absolute atomic E-state index is 0.245. The van der Waals surface area contributed by atoms with E-state index in [4.69, 9.17) is 0 Å². The Morgan fingerprint density at radius 3 is 1.68 bits per heavy atom. The molecule has 0 saturated heterocycles. The molecule has 0 unspecified atom stereocenters. The summed E-state index contributed by atoms with van der Waals surface area (Å²) in [6.45, 7) is 0. The van der Waals surface area contributed by atoms with Crippen molar-refractivity contribution in [1.29, 1.82) is 0 Å². The SMILES string of the molecule is FC1=C(c2ccccc2)c2c(F)c(F)c(F)c(F)c21. The van der Waals surface area contributed by atoms with Crippen molar-refractivity contribution < 1.29 is 22.0 Å². The highest BCUT2D eigenvalue weighted by molar-refractivity contribution is 6.07. The highest BCUT2D eigenvalue weighted by atomic mass is 19.2. The zero-order valence-electron chi connectivity index (χ0n) is 9.28. The first kappa shape index (κ1) is 11.9. The maximum absolute atomic E-state index is 13.8. The lowest BCUT2D eigenvalue weighted by Crippen LogP contribution is -2.15. The number of benzene rings is 2. The molecule has 0 heterocycles. The summed E-state index contributed by atoms with van der Waals surface area (Å²) in [5.41, 5.74) is -1.36. The van der Waals surface area contributed by atoms with Gasteiger partial charge in [0.1, 0.15) is 5.83 Å². The number of halogens is 5. The second-order valence-corrected chi connectivity index (χ2v) is 4.06. The first-order chi connectivity index (χ1) is 9.04. The predicted molar refractivity (Wildman–Crippen MR) is 59.7 cm³/mol. The molecule has 96 valence electrons. The molecule has 0 saturated carbocycles. The molecule has 5 heteroatoms. The van der Waals surface area contributed by atoms with Crippen molar-refractivity contribution in [2.45, 2.75) is 0 Å². The van der Waals surface area contributed by atoms with Crippen LogP contribution < -0.4 is 0 Å². The normalized spacial score (nSPS) is 13.3. The smallest absolute Gasteiger partial charge is 0.198 e. The standard InChI is InChI=1S/C14H5F5/c15-10-7(6-4-2-1-3-5-6)8-9(10)12(17)14(19)13(18)11(8)16/h1-5H. The van der Waals surface area contributed by atoms with Gasteiger partial charge in [0.15, 0.2) is 23.3 Å². The largest absolute Gasteiger partial charge is 0.205 e. The number of hydrogen-bond acceptors (Lipinski definition) is 0. The van der Waals surface area contributed by atoms with Crippen molar-refractivity contribution in [3.05, 3.63) is 70.3 Å². The fourth-order valence-electron chi connectivity index (χ4n) is 2.12. The molecule has 19 heavy (non-hydrogen) atoms. The molecule has 0 nitrogen and oxygen atoms in total. The van der Waals surface area contributed by atoms with Gasteiger partial charge in [0, 0.05) is 11.1 Å². The Balaban J connectivity index is 2.28. The Kier molecular flexibility index (Phi) is 2.45. The van der Waals surface area contributed by atoms with E-state index in [0.29, 0.717) is 0 Å². The van der Waals surface area contributed by atoms with Gasteiger partial charge >= 0.3 is 0 Å². The van der Waals surface area contributed by atoms with Crippen LogP contribution in [-0.2, 0) is 0 Å². The average molecular weight is 268 g/mol. The van der Waals surface area contributed by atoms with Gasteiger partial charge in [0.2, 0.25) is 0 Å². The maximum Gasteiger partial charge on any atom is 0.198 e. The Labute approximate surface area is 104 Å². The third-order valence-corrected chi connectivity index (χ3v) is 3.02. The van der Waals surface area contributed by atoms with Crippen LogP contribution in [0, 0.1) is 23.3 Å². The summed E-state index contributed by atoms with van der Waals surface area (Å²) in [6, 6.07) is 7.74. The van der Waals surface area contributed by atoms with Gasteiger partial charge in [-0.1, -0.05) is 30.3 Å². The third-order valence-electron chi connectivity index (χ3n) is 3.02. The van der Waals surface area contributed by atoms with Crippen molar-refractivity contribution >= 4 is 11.4 Å². The van der Waals surface area contributed by atoms with Crippen molar-refractivity contribution in [3.8, 4) is 0 Å². The Bertz CT molecular complexity index is 717. The Hall–Kier alpha value is -2.17. The van der Waals surface area contributed by atoms with Crippen LogP contribution in [0.15, 0.2) is 30.3 Å². The van der Waals surface area contributed by atoms with Gasteiger partial charge in [-0.2, -0.15) is 0 Å². The summed E-state index contributed by atoms with van der Waals surface area (Å²) in [5.74, 6) is -8.28. The van der Waals surface area contributed by atoms with Crippen LogP contribution in [0.3, 0.4) is 0 Å². The van der Waals surface area contributed by atoms with Gasteiger partial charge < -0.3 is 0 Å². The van der Waals surface area contributed by atoms with Crippen molar-refractivity contribution in [2.75, 3.05) is 0 Å². The minimum Gasteiger partial charge on any atom is -0.205 e. The number of hydrogen-bond donors (Lipinski definition) is 0. The topological polar surface area (TPSA) is 0 Å². The molecule has 0 fully saturated rings. The molecule has 0 aromatic heterocycles. The molecule has 1 aliphatic carbocycles. The summed E-state index contributed by atoms with van der Waals surface area (Å²) < 4.78 is 66.9. The van der Waals surface area contributed by atoms with E-state index in [9.17, 15) is 22.0 Å². The zero-order chi connectivity index (χ0) is 13.7. The van der Waals surface area contributed by atoms with Gasteiger partial charge in [0.05, 0.1) is 5.56 Å². The van der Waals surface area contributed by atoms with Crippen molar-refractivity contribution in [2.24, 2.45) is 0 Å². The van der Waals surface area contributed by atoms with Crippen molar-refractivity contribution in [3.63, 3.8) is 0 Å². The molecule has 0 bridgehead atoms. The minimum atomic E-state index is -2.00. The lowest BCUT2D eigenvalue weighted by atomic mass is 9.82. The average Bonchev–Trinajstić information content (AvgIpc) is 2.42. The van der Waals surface area contributed by atoms with E-state index in [1.54, 1.807) is 18.2 Å². The molecular weight excluding hydrogens is 263 g/mol. The van der Waals surface area contributed by atoms with E-state index in [2.05, 4.69) is 0 Å². The van der Waals surface area contributed by atoms with E-state index < -0.39 is 40.2 Å². The van der Waals surface area contributed by atoms with E-state index in [1.165, 1.54) is 12.1 Å². The molecule has 0 amide bonds. The van der Waals surface area contributed by atoms with Crippen LogP contribution in [0.5, 0.6) is 0 Å². The quantitative estimate of drug-likeness (QED) is 0.407. The maximum atomic E-state index is 13.8. The number of rotatable bonds is 1. The molecule has 0 atom stereocenters. The first-order valence-corrected chi connectivity index (χ1v) is 5.36. The monoisotopic (exact) mass is 268 g/mol. The molecule has 2 aromatic carbocycles. The predicted octanol–water partition coefficient (Wildman–Crippen LogP) is 4.44. The highest BCUT2D eigenvalue weighted by Crippen LogP contribution is 2.48. The second kappa shape index (κ2) is 3.91. The molecule has 0 N–H and O–H groups in total. The first-order valence-electron chi connectivity index (χ1n) is 5.36. The summed E-state index contributed by atoms with van der Waals surface area (Å²) in [7, 11) is 0. The van der Waals surface area contributed by atoms with Crippen LogP contribution >= 0.6 is 0 Å². The van der Waals surface area contributed by atoms with E-state index in [-0.39, 0.29) is 11.1 Å². The zero-order valence-corrected chi connectivity index (χ0v) is 9.28. The summed E-state index contributed by atoms with van der Waals surface area (Å²) in [4.78, 5) is 0. The van der Waals surface area contributed by atoms with Crippen LogP contribution in [0.25, 0.3) is 11.4 Å². The summed E-state index contributed by atoms with van der Waals surface area (Å²) >= 11 is 0. The van der Waals surface area contributed by atoms with E-state index in [0.717, 1.165) is 0 Å². The molecule has 0 aliphatic heterocycles. The van der Waals surface area contributed by atoms with Gasteiger partial charge in [-0.3, -0.25) is 0 Å². The van der Waals surface area contributed by atoms with Crippen LogP contribution in [0.2, 0.25) is 0 Å².